The number of hydrogen-bond donors (Lipinski definition) is 1. The summed E-state index contributed by atoms with van der Waals surface area (Å²) in [6.07, 6.45) is 2.44. The van der Waals surface area contributed by atoms with Crippen LogP contribution in [0.2, 0.25) is 0 Å². The summed E-state index contributed by atoms with van der Waals surface area (Å²) < 4.78 is 24.6. The third-order valence-corrected chi connectivity index (χ3v) is 5.08. The molecular formula is C14H20N2O3S. The molecule has 0 bridgehead atoms. The minimum Gasteiger partial charge on any atom is -0.324 e. The van der Waals surface area contributed by atoms with Crippen LogP contribution in [0.4, 0.5) is 5.69 Å². The van der Waals surface area contributed by atoms with Crippen LogP contribution in [0.3, 0.4) is 0 Å². The molecule has 1 atom stereocenters. The fourth-order valence-electron chi connectivity index (χ4n) is 2.50. The first kappa shape index (κ1) is 15.0. The molecule has 5 nitrogen and oxygen atoms in total. The number of rotatable bonds is 3. The average molecular weight is 296 g/mol. The van der Waals surface area contributed by atoms with Crippen LogP contribution in [0, 0.1) is 13.8 Å². The first-order chi connectivity index (χ1) is 9.30. The molecule has 0 unspecified atom stereocenters. The maximum atomic E-state index is 12.3. The summed E-state index contributed by atoms with van der Waals surface area (Å²) in [5.74, 6) is -0.248. The van der Waals surface area contributed by atoms with Gasteiger partial charge in [0.2, 0.25) is 15.9 Å². The Labute approximate surface area is 120 Å². The van der Waals surface area contributed by atoms with Crippen LogP contribution in [0.15, 0.2) is 18.2 Å². The zero-order valence-corrected chi connectivity index (χ0v) is 12.8. The molecule has 1 aliphatic rings. The molecule has 20 heavy (non-hydrogen) atoms. The number of anilines is 1. The van der Waals surface area contributed by atoms with E-state index in [1.165, 1.54) is 4.31 Å². The van der Waals surface area contributed by atoms with Gasteiger partial charge in [-0.2, -0.15) is 4.31 Å². The van der Waals surface area contributed by atoms with Gasteiger partial charge in [-0.15, -0.1) is 0 Å². The standard InChI is InChI=1S/C14H20N2O3S/c1-10-6-4-7-12(11(10)2)15-14(17)13-8-5-9-16(13)20(3,18)19/h4,6-7,13H,5,8-9H2,1-3H3,(H,15,17)/t13-/m0/s1. The monoisotopic (exact) mass is 296 g/mol. The lowest BCUT2D eigenvalue weighted by molar-refractivity contribution is -0.119. The van der Waals surface area contributed by atoms with Gasteiger partial charge in [-0.3, -0.25) is 4.79 Å². The zero-order valence-electron chi connectivity index (χ0n) is 12.0. The quantitative estimate of drug-likeness (QED) is 0.922. The van der Waals surface area contributed by atoms with Crippen LogP contribution >= 0.6 is 0 Å². The van der Waals surface area contributed by atoms with E-state index in [0.717, 1.165) is 29.5 Å². The number of aryl methyl sites for hydroxylation is 1. The fraction of sp³-hybridized carbons (Fsp3) is 0.500. The summed E-state index contributed by atoms with van der Waals surface area (Å²) >= 11 is 0. The summed E-state index contributed by atoms with van der Waals surface area (Å²) in [4.78, 5) is 12.3. The van der Waals surface area contributed by atoms with E-state index in [-0.39, 0.29) is 5.91 Å². The third-order valence-electron chi connectivity index (χ3n) is 3.79. The minimum atomic E-state index is -3.33. The molecule has 110 valence electrons. The SMILES string of the molecule is Cc1cccc(NC(=O)[C@@H]2CCCN2S(C)(=O)=O)c1C. The molecule has 0 saturated carbocycles. The predicted molar refractivity (Wildman–Crippen MR) is 79.1 cm³/mol. The van der Waals surface area contributed by atoms with Crippen molar-refractivity contribution in [2.24, 2.45) is 0 Å². The van der Waals surface area contributed by atoms with Gasteiger partial charge in [0.05, 0.1) is 6.26 Å². The Hall–Kier alpha value is -1.40. The highest BCUT2D eigenvalue weighted by molar-refractivity contribution is 7.88. The molecule has 1 saturated heterocycles. The molecular weight excluding hydrogens is 276 g/mol. The second kappa shape index (κ2) is 5.54. The molecule has 2 rings (SSSR count). The highest BCUT2D eigenvalue weighted by Gasteiger charge is 2.36. The Kier molecular flexibility index (Phi) is 4.15. The van der Waals surface area contributed by atoms with E-state index in [1.807, 2.05) is 32.0 Å². The van der Waals surface area contributed by atoms with E-state index in [1.54, 1.807) is 0 Å². The molecule has 0 aromatic heterocycles. The molecule has 0 spiro atoms. The maximum absolute atomic E-state index is 12.3. The normalized spacial score (nSPS) is 20.1. The van der Waals surface area contributed by atoms with Crippen LogP contribution < -0.4 is 5.32 Å². The molecule has 1 aromatic rings. The first-order valence-electron chi connectivity index (χ1n) is 6.64. The van der Waals surface area contributed by atoms with Gasteiger partial charge in [0, 0.05) is 12.2 Å². The number of nitrogens with zero attached hydrogens (tertiary/aromatic N) is 1. The van der Waals surface area contributed by atoms with E-state index in [4.69, 9.17) is 0 Å². The lowest BCUT2D eigenvalue weighted by Crippen LogP contribution is -2.42. The van der Waals surface area contributed by atoms with Crippen molar-refractivity contribution in [2.75, 3.05) is 18.1 Å². The highest BCUT2D eigenvalue weighted by atomic mass is 32.2. The topological polar surface area (TPSA) is 66.5 Å². The maximum Gasteiger partial charge on any atom is 0.242 e. The Morgan fingerprint density at radius 2 is 2.05 bits per heavy atom. The summed E-state index contributed by atoms with van der Waals surface area (Å²) in [5, 5.41) is 2.85. The average Bonchev–Trinajstić information content (AvgIpc) is 2.84. The van der Waals surface area contributed by atoms with Crippen molar-refractivity contribution in [1.29, 1.82) is 0 Å². The lowest BCUT2D eigenvalue weighted by atomic mass is 10.1. The largest absolute Gasteiger partial charge is 0.324 e. The fourth-order valence-corrected chi connectivity index (χ4v) is 3.63. The van der Waals surface area contributed by atoms with E-state index >= 15 is 0 Å². The van der Waals surface area contributed by atoms with E-state index < -0.39 is 16.1 Å². The van der Waals surface area contributed by atoms with Crippen molar-refractivity contribution >= 4 is 21.6 Å². The van der Waals surface area contributed by atoms with Crippen molar-refractivity contribution in [3.63, 3.8) is 0 Å². The molecule has 1 N–H and O–H groups in total. The lowest BCUT2D eigenvalue weighted by Gasteiger charge is -2.22. The smallest absolute Gasteiger partial charge is 0.242 e. The Morgan fingerprint density at radius 3 is 2.70 bits per heavy atom. The van der Waals surface area contributed by atoms with Gasteiger partial charge < -0.3 is 5.32 Å². The van der Waals surface area contributed by atoms with Gasteiger partial charge in [-0.25, -0.2) is 8.42 Å². The van der Waals surface area contributed by atoms with Crippen molar-refractivity contribution in [1.82, 2.24) is 4.31 Å². The van der Waals surface area contributed by atoms with Crippen molar-refractivity contribution in [3.05, 3.63) is 29.3 Å². The summed E-state index contributed by atoms with van der Waals surface area (Å²) in [5.41, 5.74) is 2.84. The second-order valence-corrected chi connectivity index (χ2v) is 7.20. The molecule has 6 heteroatoms. The van der Waals surface area contributed by atoms with Crippen LogP contribution in [0.1, 0.15) is 24.0 Å². The molecule has 1 heterocycles. The van der Waals surface area contributed by atoms with Gasteiger partial charge in [0.25, 0.3) is 0 Å². The van der Waals surface area contributed by atoms with E-state index in [0.29, 0.717) is 13.0 Å². The van der Waals surface area contributed by atoms with Gasteiger partial charge in [0.15, 0.2) is 0 Å². The highest BCUT2D eigenvalue weighted by Crippen LogP contribution is 2.23. The summed E-state index contributed by atoms with van der Waals surface area (Å²) in [7, 11) is -3.33. The number of nitrogens with one attached hydrogen (secondary N) is 1. The summed E-state index contributed by atoms with van der Waals surface area (Å²) in [6.45, 7) is 4.33. The van der Waals surface area contributed by atoms with E-state index in [2.05, 4.69) is 5.32 Å². The van der Waals surface area contributed by atoms with E-state index in [9.17, 15) is 13.2 Å². The molecule has 1 fully saturated rings. The zero-order chi connectivity index (χ0) is 14.9. The van der Waals surface area contributed by atoms with Crippen molar-refractivity contribution in [2.45, 2.75) is 32.7 Å². The molecule has 0 aliphatic carbocycles. The van der Waals surface area contributed by atoms with Gasteiger partial charge in [-0.05, 0) is 43.9 Å². The van der Waals surface area contributed by atoms with Crippen LogP contribution in [0.25, 0.3) is 0 Å². The molecule has 1 aromatic carbocycles. The van der Waals surface area contributed by atoms with Gasteiger partial charge >= 0.3 is 0 Å². The molecule has 0 radical (unpaired) electrons. The minimum absolute atomic E-state index is 0.248. The number of carbonyl (C=O) groups is 1. The van der Waals surface area contributed by atoms with Crippen LogP contribution in [-0.4, -0.2) is 37.5 Å². The number of benzene rings is 1. The Morgan fingerprint density at radius 1 is 1.35 bits per heavy atom. The van der Waals surface area contributed by atoms with Gasteiger partial charge in [0.1, 0.15) is 6.04 Å². The summed E-state index contributed by atoms with van der Waals surface area (Å²) in [6, 6.07) is 5.09. The molecule has 1 aliphatic heterocycles. The van der Waals surface area contributed by atoms with Crippen LogP contribution in [-0.2, 0) is 14.8 Å². The number of sulfonamides is 1. The van der Waals surface area contributed by atoms with Gasteiger partial charge in [-0.1, -0.05) is 12.1 Å². The number of hydrogen-bond acceptors (Lipinski definition) is 3. The Bertz CT molecular complexity index is 625. The Balaban J connectivity index is 2.18. The second-order valence-electron chi connectivity index (χ2n) is 5.27. The first-order valence-corrected chi connectivity index (χ1v) is 8.49. The van der Waals surface area contributed by atoms with Crippen molar-refractivity contribution < 1.29 is 13.2 Å². The van der Waals surface area contributed by atoms with Crippen LogP contribution in [0.5, 0.6) is 0 Å². The third kappa shape index (κ3) is 3.02. The number of amides is 1. The molecule has 1 amide bonds. The predicted octanol–water partition coefficient (Wildman–Crippen LogP) is 1.67. The van der Waals surface area contributed by atoms with Crippen molar-refractivity contribution in [3.8, 4) is 0 Å². The number of carbonyl (C=O) groups excluding carboxylic acids is 1.